The number of ether oxygens (including phenoxy) is 3. The summed E-state index contributed by atoms with van der Waals surface area (Å²) < 4.78 is 31.8. The lowest BCUT2D eigenvalue weighted by Crippen LogP contribution is -2.37. The largest absolute Gasteiger partial charge is 0.493 e. The molecule has 0 amide bonds. The Morgan fingerprint density at radius 2 is 2.06 bits per heavy atom. The van der Waals surface area contributed by atoms with Gasteiger partial charge >= 0.3 is 0 Å². The van der Waals surface area contributed by atoms with Gasteiger partial charge in [-0.15, -0.1) is 0 Å². The van der Waals surface area contributed by atoms with E-state index in [4.69, 9.17) is 37.4 Å². The molecule has 4 rings (SSSR count). The minimum absolute atomic E-state index is 0.186. The Hall–Kier alpha value is -2.41. The Balaban J connectivity index is 1.45. The molecule has 1 N–H and O–H groups in total. The average Bonchev–Trinajstić information content (AvgIpc) is 2.85. The zero-order valence-electron chi connectivity index (χ0n) is 18.6. The lowest BCUT2D eigenvalue weighted by molar-refractivity contribution is 0.122. The number of nitrogens with zero attached hydrogens (tertiary/aromatic N) is 4. The maximum Gasteiger partial charge on any atom is 0.245 e. The zero-order chi connectivity index (χ0) is 24.8. The van der Waals surface area contributed by atoms with Crippen LogP contribution in [0.1, 0.15) is 11.1 Å². The predicted molar refractivity (Wildman–Crippen MR) is 143 cm³/mol. The highest BCUT2D eigenvalue weighted by molar-refractivity contribution is 14.1. The van der Waals surface area contributed by atoms with E-state index in [1.807, 2.05) is 17.0 Å². The Morgan fingerprint density at radius 3 is 2.80 bits per heavy atom. The van der Waals surface area contributed by atoms with Gasteiger partial charge in [0.25, 0.3) is 0 Å². The summed E-state index contributed by atoms with van der Waals surface area (Å²) in [5.41, 5.74) is 4.31. The van der Waals surface area contributed by atoms with Gasteiger partial charge in [0, 0.05) is 28.7 Å². The molecule has 1 aliphatic heterocycles. The molecule has 0 saturated carbocycles. The first-order chi connectivity index (χ1) is 16.9. The zero-order valence-corrected chi connectivity index (χ0v) is 22.3. The van der Waals surface area contributed by atoms with Gasteiger partial charge < -0.3 is 19.1 Å². The standard InChI is InChI=1S/C23H21Cl2FIN5O3/c1-33-20-9-14(8-19(27)21(20)35-13-15-2-3-16(24)10-17(15)25)11-29-31-23-28-12-18(26)22(30-23)32-4-6-34-7-5-32/h2-3,8-12H,4-7,13H2,1H3,(H,28,30,31). The number of rotatable bonds is 8. The molecule has 0 atom stereocenters. The molecule has 0 bridgehead atoms. The van der Waals surface area contributed by atoms with Crippen LogP contribution < -0.4 is 19.8 Å². The summed E-state index contributed by atoms with van der Waals surface area (Å²) in [6.07, 6.45) is 2.71. The van der Waals surface area contributed by atoms with Crippen LogP contribution in [0.5, 0.6) is 11.5 Å². The van der Waals surface area contributed by atoms with Crippen LogP contribution in [0.25, 0.3) is 0 Å². The van der Waals surface area contributed by atoms with E-state index in [-0.39, 0.29) is 18.4 Å². The van der Waals surface area contributed by atoms with Crippen molar-refractivity contribution in [3.05, 3.63) is 67.1 Å². The minimum Gasteiger partial charge on any atom is -0.493 e. The molecule has 0 unspecified atom stereocenters. The molecule has 1 saturated heterocycles. The Kier molecular flexibility index (Phi) is 8.82. The molecule has 1 aromatic heterocycles. The molecule has 0 spiro atoms. The molecule has 0 aliphatic carbocycles. The molecule has 3 aromatic rings. The fourth-order valence-electron chi connectivity index (χ4n) is 3.32. The van der Waals surface area contributed by atoms with Crippen molar-refractivity contribution in [1.82, 2.24) is 9.97 Å². The number of hydrazone groups is 1. The van der Waals surface area contributed by atoms with Crippen molar-refractivity contribution >= 4 is 63.8 Å². The molecule has 12 heteroatoms. The number of hydrogen-bond donors (Lipinski definition) is 1. The van der Waals surface area contributed by atoms with E-state index in [0.717, 1.165) is 20.9 Å². The third kappa shape index (κ3) is 6.63. The molecule has 1 aliphatic rings. The lowest BCUT2D eigenvalue weighted by atomic mass is 10.2. The van der Waals surface area contributed by atoms with Gasteiger partial charge in [0.2, 0.25) is 5.95 Å². The second-order valence-electron chi connectivity index (χ2n) is 7.39. The number of benzene rings is 2. The molecule has 1 fully saturated rings. The van der Waals surface area contributed by atoms with Gasteiger partial charge in [-0.25, -0.2) is 14.8 Å². The van der Waals surface area contributed by atoms with Crippen LogP contribution in [-0.4, -0.2) is 49.6 Å². The smallest absolute Gasteiger partial charge is 0.245 e. The molecule has 0 radical (unpaired) electrons. The van der Waals surface area contributed by atoms with E-state index in [1.54, 1.807) is 31.5 Å². The number of morpholine rings is 1. The first-order valence-corrected chi connectivity index (χ1v) is 12.4. The second-order valence-corrected chi connectivity index (χ2v) is 9.40. The number of anilines is 2. The van der Waals surface area contributed by atoms with Crippen LogP contribution >= 0.6 is 45.8 Å². The van der Waals surface area contributed by atoms with Crippen molar-refractivity contribution in [3.8, 4) is 11.5 Å². The summed E-state index contributed by atoms with van der Waals surface area (Å²) in [4.78, 5) is 10.0. The summed E-state index contributed by atoms with van der Waals surface area (Å²) in [5, 5.41) is 5.28. The topological polar surface area (TPSA) is 81.1 Å². The summed E-state index contributed by atoms with van der Waals surface area (Å²) >= 11 is 14.4. The van der Waals surface area contributed by atoms with Crippen LogP contribution in [0.15, 0.2) is 41.6 Å². The van der Waals surface area contributed by atoms with Gasteiger partial charge in [0.15, 0.2) is 23.1 Å². The molecular weight excluding hydrogens is 611 g/mol. The van der Waals surface area contributed by atoms with Crippen LogP contribution in [0, 0.1) is 9.39 Å². The number of nitrogens with one attached hydrogen (secondary N) is 1. The normalized spacial score (nSPS) is 13.8. The van der Waals surface area contributed by atoms with Gasteiger partial charge in [0.05, 0.1) is 36.3 Å². The summed E-state index contributed by atoms with van der Waals surface area (Å²) in [6, 6.07) is 8.92. The Labute approximate surface area is 225 Å². The van der Waals surface area contributed by atoms with Gasteiger partial charge in [-0.3, -0.25) is 0 Å². The van der Waals surface area contributed by atoms with E-state index in [2.05, 4.69) is 43.1 Å². The van der Waals surface area contributed by atoms with E-state index in [9.17, 15) is 4.39 Å². The van der Waals surface area contributed by atoms with Crippen LogP contribution in [-0.2, 0) is 11.3 Å². The summed E-state index contributed by atoms with van der Waals surface area (Å²) in [5.74, 6) is 1.04. The van der Waals surface area contributed by atoms with Gasteiger partial charge in [-0.05, 0) is 52.4 Å². The van der Waals surface area contributed by atoms with Crippen molar-refractivity contribution in [3.63, 3.8) is 0 Å². The minimum atomic E-state index is -0.490. The van der Waals surface area contributed by atoms with Gasteiger partial charge in [-0.2, -0.15) is 10.1 Å². The molecule has 184 valence electrons. The SMILES string of the molecule is COc1cc(C=NNc2ncc(F)c(N3CCOCC3)n2)cc(I)c1OCc1ccc(Cl)cc1Cl. The number of aromatic nitrogens is 2. The lowest BCUT2D eigenvalue weighted by Gasteiger charge is -2.27. The number of halogens is 4. The van der Waals surface area contributed by atoms with Gasteiger partial charge in [0.1, 0.15) is 6.61 Å². The Morgan fingerprint density at radius 1 is 1.26 bits per heavy atom. The van der Waals surface area contributed by atoms with Crippen molar-refractivity contribution in [1.29, 1.82) is 0 Å². The molecular formula is C23H21Cl2FIN5O3. The van der Waals surface area contributed by atoms with Crippen LogP contribution in [0.3, 0.4) is 0 Å². The summed E-state index contributed by atoms with van der Waals surface area (Å²) in [6.45, 7) is 2.43. The van der Waals surface area contributed by atoms with E-state index in [0.29, 0.717) is 47.8 Å². The van der Waals surface area contributed by atoms with E-state index >= 15 is 0 Å². The van der Waals surface area contributed by atoms with Crippen molar-refractivity contribution in [2.24, 2.45) is 5.10 Å². The Bertz CT molecular complexity index is 1230. The first-order valence-electron chi connectivity index (χ1n) is 10.5. The van der Waals surface area contributed by atoms with Crippen LogP contribution in [0.2, 0.25) is 10.0 Å². The molecule has 2 heterocycles. The third-order valence-corrected chi connectivity index (χ3v) is 6.44. The quantitative estimate of drug-likeness (QED) is 0.203. The monoisotopic (exact) mass is 631 g/mol. The molecule has 8 nitrogen and oxygen atoms in total. The van der Waals surface area contributed by atoms with Crippen molar-refractivity contribution < 1.29 is 18.6 Å². The predicted octanol–water partition coefficient (Wildman–Crippen LogP) is 5.40. The highest BCUT2D eigenvalue weighted by Gasteiger charge is 2.18. The van der Waals surface area contributed by atoms with Gasteiger partial charge in [-0.1, -0.05) is 29.3 Å². The highest BCUT2D eigenvalue weighted by Crippen LogP contribution is 2.35. The third-order valence-electron chi connectivity index (χ3n) is 5.05. The second kappa shape index (κ2) is 12.0. The summed E-state index contributed by atoms with van der Waals surface area (Å²) in [7, 11) is 1.56. The fourth-order valence-corrected chi connectivity index (χ4v) is 4.56. The number of hydrogen-bond acceptors (Lipinski definition) is 8. The maximum absolute atomic E-state index is 14.2. The average molecular weight is 632 g/mol. The first kappa shape index (κ1) is 25.7. The van der Waals surface area contributed by atoms with Crippen molar-refractivity contribution in [2.45, 2.75) is 6.61 Å². The van der Waals surface area contributed by atoms with E-state index in [1.165, 1.54) is 0 Å². The van der Waals surface area contributed by atoms with Crippen molar-refractivity contribution in [2.75, 3.05) is 43.7 Å². The fraction of sp³-hybridized carbons (Fsp3) is 0.261. The van der Waals surface area contributed by atoms with Crippen LogP contribution in [0.4, 0.5) is 16.2 Å². The molecule has 35 heavy (non-hydrogen) atoms. The maximum atomic E-state index is 14.2. The molecule has 2 aromatic carbocycles. The highest BCUT2D eigenvalue weighted by atomic mass is 127. The van der Waals surface area contributed by atoms with E-state index < -0.39 is 5.82 Å². The number of methoxy groups -OCH3 is 1.